The second-order valence-corrected chi connectivity index (χ2v) is 24.1. The van der Waals surface area contributed by atoms with Gasteiger partial charge in [0.15, 0.2) is 25.1 Å². The van der Waals surface area contributed by atoms with Crippen molar-refractivity contribution in [3.8, 4) is 23.0 Å². The highest BCUT2D eigenvalue weighted by molar-refractivity contribution is 6.76. The molecule has 0 atom stereocenters. The van der Waals surface area contributed by atoms with E-state index in [4.69, 9.17) is 28.4 Å². The zero-order valence-electron chi connectivity index (χ0n) is 27.0. The lowest BCUT2D eigenvalue weighted by Gasteiger charge is -2.17. The first-order valence-corrected chi connectivity index (χ1v) is 21.8. The number of methoxy groups -OCH3 is 2. The molecule has 0 saturated heterocycles. The van der Waals surface area contributed by atoms with Gasteiger partial charge in [-0.2, -0.15) is 0 Å². The molecule has 0 fully saturated rings. The molecular weight excluding hydrogens is 549 g/mol. The van der Waals surface area contributed by atoms with E-state index in [2.05, 4.69) is 71.4 Å². The largest absolute Gasteiger partial charge is 0.496 e. The highest BCUT2D eigenvalue weighted by Crippen LogP contribution is 2.33. The van der Waals surface area contributed by atoms with Gasteiger partial charge < -0.3 is 28.4 Å². The van der Waals surface area contributed by atoms with Gasteiger partial charge in [-0.25, -0.2) is 0 Å². The van der Waals surface area contributed by atoms with E-state index in [1.165, 1.54) is 5.57 Å². The average Bonchev–Trinajstić information content (AvgIpc) is 2.89. The van der Waals surface area contributed by atoms with Gasteiger partial charge >= 0.3 is 0 Å². The van der Waals surface area contributed by atoms with Crippen LogP contribution in [0.4, 0.5) is 0 Å². The molecule has 0 unspecified atom stereocenters. The molecule has 0 spiro atoms. The topological polar surface area (TPSA) is 55.4 Å². The van der Waals surface area contributed by atoms with Gasteiger partial charge in [0.05, 0.1) is 14.2 Å². The Kier molecular flexibility index (Phi) is 14.2. The molecule has 2 rings (SSSR count). The Balaban J connectivity index is 2.21. The van der Waals surface area contributed by atoms with Crippen molar-refractivity contribution < 1.29 is 28.4 Å². The lowest BCUT2D eigenvalue weighted by Crippen LogP contribution is -2.22. The molecule has 0 aliphatic carbocycles. The van der Waals surface area contributed by atoms with Crippen LogP contribution < -0.4 is 18.9 Å². The Hall–Kier alpha value is -2.53. The van der Waals surface area contributed by atoms with Crippen LogP contribution in [-0.2, 0) is 15.9 Å². The lowest BCUT2D eigenvalue weighted by molar-refractivity contribution is 0.0205. The number of benzene rings is 2. The smallest absolute Gasteiger partial charge is 0.189 e. The normalized spacial score (nSPS) is 12.0. The van der Waals surface area contributed by atoms with Gasteiger partial charge in [-0.1, -0.05) is 69.1 Å². The summed E-state index contributed by atoms with van der Waals surface area (Å²) in [6.07, 6.45) is 7.11. The molecule has 8 heteroatoms. The molecule has 6 nitrogen and oxygen atoms in total. The van der Waals surface area contributed by atoms with E-state index >= 15 is 0 Å². The minimum atomic E-state index is -1.14. The molecule has 0 radical (unpaired) electrons. The third kappa shape index (κ3) is 13.8. The molecule has 0 aromatic heterocycles. The van der Waals surface area contributed by atoms with E-state index in [-0.39, 0.29) is 13.6 Å². The Bertz CT molecular complexity index is 1140. The first-order valence-electron chi connectivity index (χ1n) is 14.4. The fourth-order valence-corrected chi connectivity index (χ4v) is 5.28. The molecule has 2 aromatic rings. The van der Waals surface area contributed by atoms with Crippen molar-refractivity contribution in [1.29, 1.82) is 0 Å². The Morgan fingerprint density at radius 2 is 1.32 bits per heavy atom. The molecule has 41 heavy (non-hydrogen) atoms. The molecule has 0 aliphatic heterocycles. The molecule has 0 amide bonds. The predicted molar refractivity (Wildman–Crippen MR) is 177 cm³/mol. The van der Waals surface area contributed by atoms with Gasteiger partial charge in [0.25, 0.3) is 0 Å². The summed E-state index contributed by atoms with van der Waals surface area (Å²) < 4.78 is 34.7. The third-order valence-corrected chi connectivity index (χ3v) is 9.80. The van der Waals surface area contributed by atoms with Gasteiger partial charge in [0.2, 0.25) is 0 Å². The van der Waals surface area contributed by atoms with Crippen molar-refractivity contribution in [3.63, 3.8) is 0 Å². The van der Waals surface area contributed by atoms with Crippen molar-refractivity contribution >= 4 is 28.3 Å². The second-order valence-electron chi connectivity index (χ2n) is 12.9. The van der Waals surface area contributed by atoms with Gasteiger partial charge in [-0.3, -0.25) is 0 Å². The van der Waals surface area contributed by atoms with Crippen LogP contribution in [0.5, 0.6) is 23.0 Å². The average molecular weight is 601 g/mol. The maximum absolute atomic E-state index is 5.98. The molecular formula is C33H52O6Si2. The summed E-state index contributed by atoms with van der Waals surface area (Å²) in [5.41, 5.74) is 4.36. The molecule has 0 heterocycles. The van der Waals surface area contributed by atoms with Crippen molar-refractivity contribution in [1.82, 2.24) is 0 Å². The molecule has 2 aromatic carbocycles. The zero-order chi connectivity index (χ0) is 30.5. The Morgan fingerprint density at radius 1 is 0.707 bits per heavy atom. The van der Waals surface area contributed by atoms with E-state index in [0.717, 1.165) is 40.9 Å². The number of ether oxygens (including phenoxy) is 6. The van der Waals surface area contributed by atoms with Crippen LogP contribution in [0.2, 0.25) is 51.4 Å². The van der Waals surface area contributed by atoms with E-state index in [1.54, 1.807) is 14.2 Å². The van der Waals surface area contributed by atoms with Gasteiger partial charge in [0.1, 0.15) is 11.5 Å². The van der Waals surface area contributed by atoms with Crippen LogP contribution in [0.3, 0.4) is 0 Å². The second kappa shape index (κ2) is 16.8. The minimum Gasteiger partial charge on any atom is -0.496 e. The Labute approximate surface area is 250 Å². The van der Waals surface area contributed by atoms with Crippen LogP contribution in [0.25, 0.3) is 12.2 Å². The van der Waals surface area contributed by atoms with Crippen LogP contribution in [0.1, 0.15) is 30.5 Å². The maximum Gasteiger partial charge on any atom is 0.189 e. The van der Waals surface area contributed by atoms with E-state index in [1.807, 2.05) is 30.3 Å². The lowest BCUT2D eigenvalue weighted by atomic mass is 10.00. The first-order chi connectivity index (χ1) is 19.3. The summed E-state index contributed by atoms with van der Waals surface area (Å²) in [5, 5.41) is 0. The zero-order valence-corrected chi connectivity index (χ0v) is 29.0. The number of allylic oxidation sites excluding steroid dienone is 2. The number of rotatable bonds is 18. The van der Waals surface area contributed by atoms with Crippen LogP contribution in [0.15, 0.2) is 42.0 Å². The van der Waals surface area contributed by atoms with Crippen LogP contribution in [0, 0.1) is 0 Å². The van der Waals surface area contributed by atoms with Crippen molar-refractivity contribution in [2.24, 2.45) is 0 Å². The van der Waals surface area contributed by atoms with Crippen molar-refractivity contribution in [3.05, 3.63) is 58.7 Å². The number of hydrogen-bond donors (Lipinski definition) is 0. The third-order valence-electron chi connectivity index (χ3n) is 6.39. The Morgan fingerprint density at radius 3 is 1.88 bits per heavy atom. The summed E-state index contributed by atoms with van der Waals surface area (Å²) in [7, 11) is 1.07. The van der Waals surface area contributed by atoms with Gasteiger partial charge in [0, 0.05) is 41.0 Å². The first kappa shape index (κ1) is 34.7. The molecule has 0 aliphatic rings. The minimum absolute atomic E-state index is 0.207. The fraction of sp³-hybridized carbons (Fsp3) is 0.515. The SMILES string of the molecule is COc1cc(C=Cc2cc(OCOCC[Si](C)(C)C)cc(OC)c2CC=C(C)C)ccc1OCOCC[Si](C)(C)C. The predicted octanol–water partition coefficient (Wildman–Crippen LogP) is 8.77. The van der Waals surface area contributed by atoms with Gasteiger partial charge in [-0.05, 0) is 61.7 Å². The van der Waals surface area contributed by atoms with Crippen molar-refractivity contribution in [2.75, 3.05) is 41.0 Å². The summed E-state index contributed by atoms with van der Waals surface area (Å²) in [5.74, 6) is 2.83. The molecule has 0 N–H and O–H groups in total. The summed E-state index contributed by atoms with van der Waals surface area (Å²) >= 11 is 0. The summed E-state index contributed by atoms with van der Waals surface area (Å²) in [6, 6.07) is 12.1. The van der Waals surface area contributed by atoms with Crippen LogP contribution in [-0.4, -0.2) is 57.2 Å². The highest BCUT2D eigenvalue weighted by atomic mass is 28.3. The molecule has 0 saturated carbocycles. The molecule has 228 valence electrons. The quantitative estimate of drug-likeness (QED) is 0.0560. The van der Waals surface area contributed by atoms with E-state index in [9.17, 15) is 0 Å². The van der Waals surface area contributed by atoms with Crippen molar-refractivity contribution in [2.45, 2.75) is 71.6 Å². The van der Waals surface area contributed by atoms with Crippen LogP contribution >= 0.6 is 0 Å². The van der Waals surface area contributed by atoms with Gasteiger partial charge in [-0.15, -0.1) is 0 Å². The monoisotopic (exact) mass is 600 g/mol. The highest BCUT2D eigenvalue weighted by Gasteiger charge is 2.14. The van der Waals surface area contributed by atoms with E-state index < -0.39 is 16.1 Å². The maximum atomic E-state index is 5.98. The van der Waals surface area contributed by atoms with E-state index in [0.29, 0.717) is 30.5 Å². The number of hydrogen-bond acceptors (Lipinski definition) is 6. The summed E-state index contributed by atoms with van der Waals surface area (Å²) in [6.45, 7) is 20.1. The summed E-state index contributed by atoms with van der Waals surface area (Å²) in [4.78, 5) is 0. The fourth-order valence-electron chi connectivity index (χ4n) is 3.76. The standard InChI is InChI=1S/C33H52O6Si2/c1-26(2)11-15-30-28(22-29(23-32(30)34-3)38-24-36-17-19-40(5,6)7)14-12-27-13-16-31(33(21-27)35-4)39-25-37-18-20-41(8,9)10/h11-14,16,21-23H,15,17-20,24-25H2,1-10H3. The molecule has 0 bridgehead atoms.